The van der Waals surface area contributed by atoms with Crippen LogP contribution in [0.3, 0.4) is 0 Å². The van der Waals surface area contributed by atoms with Gasteiger partial charge in [0.2, 0.25) is 0 Å². The Morgan fingerprint density at radius 2 is 2.19 bits per heavy atom. The maximum atomic E-state index is 13.4. The molecule has 0 amide bonds. The smallest absolute Gasteiger partial charge is 0.124 e. The highest BCUT2D eigenvalue weighted by molar-refractivity contribution is 5.41. The van der Waals surface area contributed by atoms with Crippen molar-refractivity contribution in [1.29, 1.82) is 0 Å². The molecule has 3 heteroatoms. The standard InChI is InChI=1S/C18H25FN2/c1-14-5-3-7-18(11-14)21(2)13-16-8-9-17(19)12-15(16)6-4-10-20/h8-9,12,14,18H,3,5,7,10-11,13,20H2,1-2H3. The summed E-state index contributed by atoms with van der Waals surface area (Å²) < 4.78 is 13.4. The Morgan fingerprint density at radius 1 is 1.38 bits per heavy atom. The Hall–Kier alpha value is -1.37. The lowest BCUT2D eigenvalue weighted by Gasteiger charge is -2.34. The molecule has 2 rings (SSSR count). The van der Waals surface area contributed by atoms with Gasteiger partial charge in [0.05, 0.1) is 6.54 Å². The van der Waals surface area contributed by atoms with Gasteiger partial charge >= 0.3 is 0 Å². The predicted molar refractivity (Wildman–Crippen MR) is 85.2 cm³/mol. The Bertz CT molecular complexity index is 530. The Balaban J connectivity index is 2.11. The van der Waals surface area contributed by atoms with E-state index in [-0.39, 0.29) is 5.82 Å². The minimum Gasteiger partial charge on any atom is -0.320 e. The molecule has 0 spiro atoms. The van der Waals surface area contributed by atoms with Crippen molar-refractivity contribution in [3.63, 3.8) is 0 Å². The second kappa shape index (κ2) is 7.59. The van der Waals surface area contributed by atoms with Crippen molar-refractivity contribution in [2.45, 2.75) is 45.2 Å². The molecule has 2 unspecified atom stereocenters. The largest absolute Gasteiger partial charge is 0.320 e. The van der Waals surface area contributed by atoms with Crippen LogP contribution >= 0.6 is 0 Å². The molecule has 114 valence electrons. The molecular formula is C18H25FN2. The van der Waals surface area contributed by atoms with Crippen LogP contribution in [0.1, 0.15) is 43.7 Å². The first-order valence-corrected chi connectivity index (χ1v) is 7.77. The molecule has 2 N–H and O–H groups in total. The molecule has 1 aromatic carbocycles. The summed E-state index contributed by atoms with van der Waals surface area (Å²) in [5.41, 5.74) is 7.26. The average Bonchev–Trinajstić information content (AvgIpc) is 2.47. The molecular weight excluding hydrogens is 263 g/mol. The molecule has 2 atom stereocenters. The van der Waals surface area contributed by atoms with Gasteiger partial charge in [0.1, 0.15) is 5.82 Å². The average molecular weight is 288 g/mol. The van der Waals surface area contributed by atoms with Gasteiger partial charge in [0, 0.05) is 18.2 Å². The zero-order valence-corrected chi connectivity index (χ0v) is 13.0. The van der Waals surface area contributed by atoms with Gasteiger partial charge in [-0.05, 0) is 43.5 Å². The lowest BCUT2D eigenvalue weighted by molar-refractivity contribution is 0.157. The van der Waals surface area contributed by atoms with Crippen molar-refractivity contribution in [3.8, 4) is 11.8 Å². The van der Waals surface area contributed by atoms with Crippen molar-refractivity contribution in [3.05, 3.63) is 35.1 Å². The Kier molecular flexibility index (Phi) is 5.78. The van der Waals surface area contributed by atoms with E-state index >= 15 is 0 Å². The highest BCUT2D eigenvalue weighted by Crippen LogP contribution is 2.27. The van der Waals surface area contributed by atoms with Gasteiger partial charge in [-0.2, -0.15) is 0 Å². The number of nitrogens with two attached hydrogens (primary N) is 1. The Labute approximate surface area is 127 Å². The lowest BCUT2D eigenvalue weighted by atomic mass is 9.86. The summed E-state index contributed by atoms with van der Waals surface area (Å²) in [7, 11) is 2.16. The fourth-order valence-electron chi connectivity index (χ4n) is 3.15. The summed E-state index contributed by atoms with van der Waals surface area (Å²) >= 11 is 0. The van der Waals surface area contributed by atoms with E-state index in [2.05, 4.69) is 30.7 Å². The van der Waals surface area contributed by atoms with Crippen LogP contribution in [0.2, 0.25) is 0 Å². The second-order valence-corrected chi connectivity index (χ2v) is 6.15. The van der Waals surface area contributed by atoms with E-state index in [1.54, 1.807) is 0 Å². The quantitative estimate of drug-likeness (QED) is 0.866. The number of hydrogen-bond acceptors (Lipinski definition) is 2. The number of hydrogen-bond donors (Lipinski definition) is 1. The minimum absolute atomic E-state index is 0.242. The maximum absolute atomic E-state index is 13.4. The van der Waals surface area contributed by atoms with E-state index < -0.39 is 0 Å². The molecule has 21 heavy (non-hydrogen) atoms. The predicted octanol–water partition coefficient (Wildman–Crippen LogP) is 3.15. The van der Waals surface area contributed by atoms with Crippen LogP contribution in [-0.4, -0.2) is 24.5 Å². The molecule has 1 fully saturated rings. The van der Waals surface area contributed by atoms with Crippen molar-refractivity contribution in [2.24, 2.45) is 11.7 Å². The molecule has 1 aliphatic carbocycles. The number of benzene rings is 1. The maximum Gasteiger partial charge on any atom is 0.124 e. The third-order valence-corrected chi connectivity index (χ3v) is 4.35. The lowest BCUT2D eigenvalue weighted by Crippen LogP contribution is -2.35. The highest BCUT2D eigenvalue weighted by atomic mass is 19.1. The zero-order valence-electron chi connectivity index (χ0n) is 13.0. The Morgan fingerprint density at radius 3 is 2.90 bits per heavy atom. The summed E-state index contributed by atoms with van der Waals surface area (Å²) in [6, 6.07) is 5.49. The van der Waals surface area contributed by atoms with E-state index in [1.807, 2.05) is 6.07 Å². The summed E-state index contributed by atoms with van der Waals surface area (Å²) in [4.78, 5) is 2.39. The van der Waals surface area contributed by atoms with Crippen LogP contribution in [0.15, 0.2) is 18.2 Å². The SMILES string of the molecule is CC1CCCC(N(C)Cc2ccc(F)cc2C#CCN)C1. The molecule has 1 aromatic rings. The van der Waals surface area contributed by atoms with E-state index in [0.717, 1.165) is 23.6 Å². The van der Waals surface area contributed by atoms with E-state index in [1.165, 1.54) is 37.8 Å². The third kappa shape index (κ3) is 4.56. The van der Waals surface area contributed by atoms with Crippen molar-refractivity contribution >= 4 is 0 Å². The van der Waals surface area contributed by atoms with E-state index in [4.69, 9.17) is 5.73 Å². The molecule has 1 aliphatic rings. The highest BCUT2D eigenvalue weighted by Gasteiger charge is 2.22. The third-order valence-electron chi connectivity index (χ3n) is 4.35. The van der Waals surface area contributed by atoms with Crippen LogP contribution in [0.25, 0.3) is 0 Å². The minimum atomic E-state index is -0.242. The summed E-state index contributed by atoms with van der Waals surface area (Å²) in [5.74, 6) is 6.37. The molecule has 0 aromatic heterocycles. The van der Waals surface area contributed by atoms with Crippen LogP contribution in [0, 0.1) is 23.6 Å². The van der Waals surface area contributed by atoms with Crippen LogP contribution in [0.4, 0.5) is 4.39 Å². The molecule has 0 heterocycles. The number of halogens is 1. The first kappa shape index (κ1) is 16.0. The van der Waals surface area contributed by atoms with Crippen molar-refractivity contribution < 1.29 is 4.39 Å². The topological polar surface area (TPSA) is 29.3 Å². The summed E-state index contributed by atoms with van der Waals surface area (Å²) in [5, 5.41) is 0. The van der Waals surface area contributed by atoms with Crippen LogP contribution in [0.5, 0.6) is 0 Å². The summed E-state index contributed by atoms with van der Waals surface area (Å²) in [6.07, 6.45) is 5.15. The van der Waals surface area contributed by atoms with Gasteiger partial charge in [-0.1, -0.05) is 37.7 Å². The van der Waals surface area contributed by atoms with Gasteiger partial charge in [0.15, 0.2) is 0 Å². The number of nitrogens with zero attached hydrogens (tertiary/aromatic N) is 1. The molecule has 0 bridgehead atoms. The van der Waals surface area contributed by atoms with Crippen molar-refractivity contribution in [1.82, 2.24) is 4.90 Å². The van der Waals surface area contributed by atoms with Gasteiger partial charge in [-0.15, -0.1) is 0 Å². The molecule has 0 radical (unpaired) electrons. The fourth-order valence-corrected chi connectivity index (χ4v) is 3.15. The van der Waals surface area contributed by atoms with E-state index in [0.29, 0.717) is 12.6 Å². The van der Waals surface area contributed by atoms with Crippen LogP contribution in [-0.2, 0) is 6.54 Å². The molecule has 1 saturated carbocycles. The summed E-state index contributed by atoms with van der Waals surface area (Å²) in [6.45, 7) is 3.44. The van der Waals surface area contributed by atoms with Gasteiger partial charge < -0.3 is 5.73 Å². The molecule has 2 nitrogen and oxygen atoms in total. The fraction of sp³-hybridized carbons (Fsp3) is 0.556. The molecule has 0 saturated heterocycles. The zero-order chi connectivity index (χ0) is 15.2. The van der Waals surface area contributed by atoms with Crippen molar-refractivity contribution in [2.75, 3.05) is 13.6 Å². The van der Waals surface area contributed by atoms with Gasteiger partial charge in [0.25, 0.3) is 0 Å². The van der Waals surface area contributed by atoms with E-state index in [9.17, 15) is 4.39 Å². The molecule has 0 aliphatic heterocycles. The first-order valence-electron chi connectivity index (χ1n) is 7.77. The second-order valence-electron chi connectivity index (χ2n) is 6.15. The van der Waals surface area contributed by atoms with Gasteiger partial charge in [-0.3, -0.25) is 4.90 Å². The normalized spacial score (nSPS) is 22.0. The number of rotatable bonds is 3. The van der Waals surface area contributed by atoms with Gasteiger partial charge in [-0.25, -0.2) is 4.39 Å². The monoisotopic (exact) mass is 288 g/mol. The van der Waals surface area contributed by atoms with Crippen LogP contribution < -0.4 is 5.73 Å². The first-order chi connectivity index (χ1) is 10.1.